The zero-order chi connectivity index (χ0) is 27.4. The number of benzene rings is 3. The molecule has 2 heterocycles. The number of morpholine rings is 1. The van der Waals surface area contributed by atoms with E-state index in [0.29, 0.717) is 18.8 Å². The van der Waals surface area contributed by atoms with Crippen LogP contribution in [-0.2, 0) is 16.7 Å². The number of carbonyl (C=O) groups is 1. The number of fused-ring (bicyclic) bond motifs is 1. The van der Waals surface area contributed by atoms with Gasteiger partial charge in [0.1, 0.15) is 18.1 Å². The molecule has 204 valence electrons. The highest BCUT2D eigenvalue weighted by Crippen LogP contribution is 2.29. The SMILES string of the molecule is Cc1ccc(-n2nc(C(C)(C)C)cc2C(=O)NCc2ccc(OCCN3CCOCC3)c3ccccc23)cc1. The number of hydrogen-bond donors (Lipinski definition) is 1. The van der Waals surface area contributed by atoms with E-state index in [1.807, 2.05) is 61.5 Å². The van der Waals surface area contributed by atoms with Crippen LogP contribution in [0.25, 0.3) is 16.5 Å². The van der Waals surface area contributed by atoms with Crippen molar-refractivity contribution in [3.63, 3.8) is 0 Å². The first-order chi connectivity index (χ1) is 18.8. The van der Waals surface area contributed by atoms with Gasteiger partial charge in [0.25, 0.3) is 5.91 Å². The Kier molecular flexibility index (Phi) is 8.00. The summed E-state index contributed by atoms with van der Waals surface area (Å²) in [6.45, 7) is 13.7. The number of aryl methyl sites for hydroxylation is 1. The molecule has 4 aromatic rings. The second-order valence-corrected chi connectivity index (χ2v) is 11.2. The molecule has 0 bridgehead atoms. The van der Waals surface area contributed by atoms with Crippen LogP contribution in [0.1, 0.15) is 48.1 Å². The van der Waals surface area contributed by atoms with Crippen molar-refractivity contribution in [1.29, 1.82) is 0 Å². The summed E-state index contributed by atoms with van der Waals surface area (Å²) in [5.74, 6) is 0.703. The quantitative estimate of drug-likeness (QED) is 0.339. The lowest BCUT2D eigenvalue weighted by Crippen LogP contribution is -2.38. The number of amides is 1. The molecule has 0 unspecified atom stereocenters. The molecule has 0 radical (unpaired) electrons. The summed E-state index contributed by atoms with van der Waals surface area (Å²) in [7, 11) is 0. The maximum Gasteiger partial charge on any atom is 0.270 e. The first-order valence-electron chi connectivity index (χ1n) is 13.7. The first-order valence-corrected chi connectivity index (χ1v) is 13.7. The lowest BCUT2D eigenvalue weighted by Gasteiger charge is -2.26. The number of nitrogens with zero attached hydrogens (tertiary/aromatic N) is 3. The smallest absolute Gasteiger partial charge is 0.270 e. The molecule has 1 saturated heterocycles. The molecular formula is C32H38N4O3. The summed E-state index contributed by atoms with van der Waals surface area (Å²) in [4.78, 5) is 15.9. The molecule has 1 fully saturated rings. The van der Waals surface area contributed by atoms with E-state index >= 15 is 0 Å². The fourth-order valence-electron chi connectivity index (χ4n) is 4.78. The molecule has 1 aliphatic heterocycles. The van der Waals surface area contributed by atoms with Crippen LogP contribution in [0.3, 0.4) is 0 Å². The predicted octanol–water partition coefficient (Wildman–Crippen LogP) is 5.27. The van der Waals surface area contributed by atoms with Crippen molar-refractivity contribution >= 4 is 16.7 Å². The van der Waals surface area contributed by atoms with Crippen molar-refractivity contribution in [2.24, 2.45) is 0 Å². The van der Waals surface area contributed by atoms with Crippen LogP contribution in [0.15, 0.2) is 66.7 Å². The second kappa shape index (κ2) is 11.6. The van der Waals surface area contributed by atoms with E-state index in [9.17, 15) is 4.79 Å². The monoisotopic (exact) mass is 526 g/mol. The van der Waals surface area contributed by atoms with E-state index < -0.39 is 0 Å². The van der Waals surface area contributed by atoms with E-state index in [-0.39, 0.29) is 11.3 Å². The molecule has 7 heteroatoms. The molecule has 3 aromatic carbocycles. The Morgan fingerprint density at radius 1 is 1.00 bits per heavy atom. The van der Waals surface area contributed by atoms with Crippen molar-refractivity contribution in [2.45, 2.75) is 39.7 Å². The Morgan fingerprint density at radius 3 is 2.44 bits per heavy atom. The molecule has 0 aliphatic carbocycles. The zero-order valence-electron chi connectivity index (χ0n) is 23.4. The van der Waals surface area contributed by atoms with Gasteiger partial charge < -0.3 is 14.8 Å². The standard InChI is InChI=1S/C32H38N4O3/c1-23-9-12-25(13-10-23)36-28(21-30(34-36)32(2,3)4)31(37)33-22-24-11-14-29(27-8-6-5-7-26(24)27)39-20-17-35-15-18-38-19-16-35/h5-14,21H,15-20,22H2,1-4H3,(H,33,37). The summed E-state index contributed by atoms with van der Waals surface area (Å²) >= 11 is 0. The summed E-state index contributed by atoms with van der Waals surface area (Å²) in [6.07, 6.45) is 0. The lowest BCUT2D eigenvalue weighted by molar-refractivity contribution is 0.0323. The topological polar surface area (TPSA) is 68.6 Å². The average molecular weight is 527 g/mol. The van der Waals surface area contributed by atoms with Crippen LogP contribution in [0.2, 0.25) is 0 Å². The number of carbonyl (C=O) groups excluding carboxylic acids is 1. The predicted molar refractivity (Wildman–Crippen MR) is 155 cm³/mol. The minimum Gasteiger partial charge on any atom is -0.492 e. The third-order valence-electron chi connectivity index (χ3n) is 7.17. The van der Waals surface area contributed by atoms with Gasteiger partial charge in [0.05, 0.1) is 24.6 Å². The van der Waals surface area contributed by atoms with Gasteiger partial charge in [0.2, 0.25) is 0 Å². The molecule has 0 atom stereocenters. The van der Waals surface area contributed by atoms with Gasteiger partial charge in [-0.15, -0.1) is 0 Å². The maximum atomic E-state index is 13.5. The molecule has 39 heavy (non-hydrogen) atoms. The molecule has 0 saturated carbocycles. The first kappa shape index (κ1) is 26.9. The molecule has 0 spiro atoms. The van der Waals surface area contributed by atoms with E-state index in [1.165, 1.54) is 0 Å². The van der Waals surface area contributed by atoms with Crippen LogP contribution in [-0.4, -0.2) is 60.0 Å². The maximum absolute atomic E-state index is 13.5. The van der Waals surface area contributed by atoms with Crippen molar-refractivity contribution < 1.29 is 14.3 Å². The minimum absolute atomic E-state index is 0.159. The van der Waals surface area contributed by atoms with Gasteiger partial charge in [-0.1, -0.05) is 68.8 Å². The van der Waals surface area contributed by atoms with Crippen LogP contribution in [0, 0.1) is 6.92 Å². The summed E-state index contributed by atoms with van der Waals surface area (Å²) in [6, 6.07) is 22.2. The third kappa shape index (κ3) is 6.32. The molecule has 5 rings (SSSR count). The average Bonchev–Trinajstić information content (AvgIpc) is 3.40. The van der Waals surface area contributed by atoms with Gasteiger partial charge in [0, 0.05) is 37.0 Å². The van der Waals surface area contributed by atoms with Gasteiger partial charge in [0.15, 0.2) is 0 Å². The largest absolute Gasteiger partial charge is 0.492 e. The highest BCUT2D eigenvalue weighted by molar-refractivity contribution is 5.94. The Morgan fingerprint density at radius 2 is 1.72 bits per heavy atom. The van der Waals surface area contributed by atoms with Crippen molar-refractivity contribution in [3.8, 4) is 11.4 Å². The molecular weight excluding hydrogens is 488 g/mol. The van der Waals surface area contributed by atoms with E-state index in [2.05, 4.69) is 43.1 Å². The summed E-state index contributed by atoms with van der Waals surface area (Å²) in [5.41, 5.74) is 4.28. The van der Waals surface area contributed by atoms with Crippen molar-refractivity contribution in [3.05, 3.63) is 89.2 Å². The van der Waals surface area contributed by atoms with Gasteiger partial charge in [-0.2, -0.15) is 5.10 Å². The molecule has 1 amide bonds. The molecule has 1 aliphatic rings. The second-order valence-electron chi connectivity index (χ2n) is 11.2. The van der Waals surface area contributed by atoms with Gasteiger partial charge in [-0.25, -0.2) is 4.68 Å². The minimum atomic E-state index is -0.182. The van der Waals surface area contributed by atoms with Crippen LogP contribution in [0.4, 0.5) is 0 Å². The van der Waals surface area contributed by atoms with Crippen molar-refractivity contribution in [1.82, 2.24) is 20.0 Å². The molecule has 1 aromatic heterocycles. The number of rotatable bonds is 8. The van der Waals surface area contributed by atoms with Crippen LogP contribution < -0.4 is 10.1 Å². The summed E-state index contributed by atoms with van der Waals surface area (Å²) in [5, 5.41) is 10.1. The van der Waals surface area contributed by atoms with Crippen LogP contribution in [0.5, 0.6) is 5.75 Å². The number of ether oxygens (including phenoxy) is 2. The van der Waals surface area contributed by atoms with E-state index in [4.69, 9.17) is 14.6 Å². The third-order valence-corrected chi connectivity index (χ3v) is 7.17. The Labute approximate surface area is 230 Å². The van der Waals surface area contributed by atoms with E-state index in [0.717, 1.165) is 71.9 Å². The van der Waals surface area contributed by atoms with Gasteiger partial charge in [-0.05, 0) is 42.1 Å². The Bertz CT molecular complexity index is 1430. The number of aromatic nitrogens is 2. The number of hydrogen-bond acceptors (Lipinski definition) is 5. The van der Waals surface area contributed by atoms with Gasteiger partial charge >= 0.3 is 0 Å². The highest BCUT2D eigenvalue weighted by atomic mass is 16.5. The fraction of sp³-hybridized carbons (Fsp3) is 0.375. The zero-order valence-corrected chi connectivity index (χ0v) is 23.4. The van der Waals surface area contributed by atoms with Gasteiger partial charge in [-0.3, -0.25) is 9.69 Å². The fourth-order valence-corrected chi connectivity index (χ4v) is 4.78. The van der Waals surface area contributed by atoms with Crippen molar-refractivity contribution in [2.75, 3.05) is 39.5 Å². The molecule has 7 nitrogen and oxygen atoms in total. The summed E-state index contributed by atoms with van der Waals surface area (Å²) < 4.78 is 13.4. The number of nitrogens with one attached hydrogen (secondary N) is 1. The normalized spacial score (nSPS) is 14.5. The highest BCUT2D eigenvalue weighted by Gasteiger charge is 2.24. The molecule has 1 N–H and O–H groups in total. The van der Waals surface area contributed by atoms with Crippen LogP contribution >= 0.6 is 0 Å². The Balaban J connectivity index is 1.33. The Hall–Kier alpha value is -3.68. The van der Waals surface area contributed by atoms with E-state index in [1.54, 1.807) is 4.68 Å². The lowest BCUT2D eigenvalue weighted by atomic mass is 9.92.